The highest BCUT2D eigenvalue weighted by molar-refractivity contribution is 7.16. The molecule has 0 unspecified atom stereocenters. The van der Waals surface area contributed by atoms with Gasteiger partial charge in [0.1, 0.15) is 11.6 Å². The van der Waals surface area contributed by atoms with Crippen molar-refractivity contribution in [3.05, 3.63) is 43.6 Å². The monoisotopic (exact) mass is 283 g/mol. The first-order valence-electron chi connectivity index (χ1n) is 5.64. The molecule has 0 atom stereocenters. The maximum absolute atomic E-state index is 11.5. The summed E-state index contributed by atoms with van der Waals surface area (Å²) in [6.45, 7) is 4.59. The number of nitrogens with one attached hydrogen (secondary N) is 2. The summed E-state index contributed by atoms with van der Waals surface area (Å²) in [7, 11) is 0. The molecular formula is C12H14ClN3OS. The summed E-state index contributed by atoms with van der Waals surface area (Å²) in [5, 5.41) is 3.13. The van der Waals surface area contributed by atoms with E-state index in [0.29, 0.717) is 18.2 Å². The van der Waals surface area contributed by atoms with Gasteiger partial charge in [-0.3, -0.25) is 4.79 Å². The number of aromatic nitrogens is 2. The number of rotatable bonds is 4. The molecule has 2 aromatic heterocycles. The smallest absolute Gasteiger partial charge is 0.252 e. The first kappa shape index (κ1) is 13.1. The SMILES string of the molecule is CC(C)c1nc(NCc2ccc(Cl)s2)cc(=O)[nH]1. The van der Waals surface area contributed by atoms with E-state index in [1.807, 2.05) is 26.0 Å². The predicted molar refractivity (Wildman–Crippen MR) is 75.6 cm³/mol. The van der Waals surface area contributed by atoms with Crippen molar-refractivity contribution in [3.63, 3.8) is 0 Å². The molecule has 0 spiro atoms. The minimum Gasteiger partial charge on any atom is -0.365 e. The summed E-state index contributed by atoms with van der Waals surface area (Å²) < 4.78 is 0.758. The Morgan fingerprint density at radius 2 is 2.28 bits per heavy atom. The van der Waals surface area contributed by atoms with Gasteiger partial charge in [-0.15, -0.1) is 11.3 Å². The zero-order chi connectivity index (χ0) is 13.1. The number of aromatic amines is 1. The van der Waals surface area contributed by atoms with Gasteiger partial charge >= 0.3 is 0 Å². The second kappa shape index (κ2) is 5.54. The molecule has 2 N–H and O–H groups in total. The van der Waals surface area contributed by atoms with Gasteiger partial charge in [0, 0.05) is 16.9 Å². The third-order valence-corrected chi connectivity index (χ3v) is 3.61. The van der Waals surface area contributed by atoms with Crippen molar-refractivity contribution in [2.75, 3.05) is 5.32 Å². The average Bonchev–Trinajstić information content (AvgIpc) is 2.72. The average molecular weight is 284 g/mol. The number of nitrogens with zero attached hydrogens (tertiary/aromatic N) is 1. The molecular weight excluding hydrogens is 270 g/mol. The lowest BCUT2D eigenvalue weighted by Gasteiger charge is -2.08. The van der Waals surface area contributed by atoms with Gasteiger partial charge in [0.05, 0.1) is 10.9 Å². The Labute approximate surface area is 114 Å². The second-order valence-electron chi connectivity index (χ2n) is 4.23. The number of hydrogen-bond donors (Lipinski definition) is 2. The lowest BCUT2D eigenvalue weighted by Crippen LogP contribution is -2.14. The fourth-order valence-electron chi connectivity index (χ4n) is 1.46. The molecule has 0 radical (unpaired) electrons. The molecule has 0 aliphatic rings. The summed E-state index contributed by atoms with van der Waals surface area (Å²) in [5.74, 6) is 1.47. The van der Waals surface area contributed by atoms with E-state index in [1.165, 1.54) is 17.4 Å². The van der Waals surface area contributed by atoms with Crippen LogP contribution in [0.25, 0.3) is 0 Å². The molecule has 96 valence electrons. The standard InChI is InChI=1S/C12H14ClN3OS/c1-7(2)12-15-10(5-11(17)16-12)14-6-8-3-4-9(13)18-8/h3-5,7H,6H2,1-2H3,(H2,14,15,16,17). The number of H-pyrrole nitrogens is 1. The lowest BCUT2D eigenvalue weighted by molar-refractivity contribution is 0.767. The highest BCUT2D eigenvalue weighted by Gasteiger charge is 2.05. The molecule has 4 nitrogen and oxygen atoms in total. The minimum absolute atomic E-state index is 0.139. The summed E-state index contributed by atoms with van der Waals surface area (Å²) in [4.78, 5) is 19.7. The van der Waals surface area contributed by atoms with E-state index in [9.17, 15) is 4.79 Å². The molecule has 2 heterocycles. The summed E-state index contributed by atoms with van der Waals surface area (Å²) in [5.41, 5.74) is -0.139. The number of anilines is 1. The van der Waals surface area contributed by atoms with E-state index in [2.05, 4.69) is 15.3 Å². The lowest BCUT2D eigenvalue weighted by atomic mass is 10.2. The van der Waals surface area contributed by atoms with Crippen molar-refractivity contribution in [2.24, 2.45) is 0 Å². The normalized spacial score (nSPS) is 10.9. The quantitative estimate of drug-likeness (QED) is 0.906. The van der Waals surface area contributed by atoms with Gasteiger partial charge < -0.3 is 10.3 Å². The van der Waals surface area contributed by atoms with Gasteiger partial charge in [0.2, 0.25) is 0 Å². The molecule has 0 fully saturated rings. The first-order valence-corrected chi connectivity index (χ1v) is 6.83. The summed E-state index contributed by atoms with van der Waals surface area (Å²) >= 11 is 7.37. The number of halogens is 1. The Morgan fingerprint density at radius 1 is 1.50 bits per heavy atom. The van der Waals surface area contributed by atoms with E-state index in [1.54, 1.807) is 0 Å². The maximum atomic E-state index is 11.5. The van der Waals surface area contributed by atoms with E-state index < -0.39 is 0 Å². The van der Waals surface area contributed by atoms with Crippen LogP contribution in [0.4, 0.5) is 5.82 Å². The molecule has 0 aliphatic heterocycles. The van der Waals surface area contributed by atoms with Crippen LogP contribution in [0.5, 0.6) is 0 Å². The molecule has 18 heavy (non-hydrogen) atoms. The Hall–Kier alpha value is -1.33. The van der Waals surface area contributed by atoms with Crippen LogP contribution in [-0.2, 0) is 6.54 Å². The first-order chi connectivity index (χ1) is 8.54. The molecule has 6 heteroatoms. The largest absolute Gasteiger partial charge is 0.365 e. The van der Waals surface area contributed by atoms with Crippen molar-refractivity contribution < 1.29 is 0 Å². The van der Waals surface area contributed by atoms with Crippen LogP contribution in [0.2, 0.25) is 4.34 Å². The van der Waals surface area contributed by atoms with Gasteiger partial charge in [-0.2, -0.15) is 0 Å². The Balaban J connectivity index is 2.11. The third kappa shape index (κ3) is 3.34. The van der Waals surface area contributed by atoms with E-state index in [-0.39, 0.29) is 11.5 Å². The van der Waals surface area contributed by atoms with Gasteiger partial charge in [0.15, 0.2) is 0 Å². The van der Waals surface area contributed by atoms with Crippen LogP contribution in [0.15, 0.2) is 23.0 Å². The maximum Gasteiger partial charge on any atom is 0.252 e. The molecule has 2 aromatic rings. The van der Waals surface area contributed by atoms with Crippen LogP contribution in [0.1, 0.15) is 30.5 Å². The molecule has 0 aromatic carbocycles. The van der Waals surface area contributed by atoms with Gasteiger partial charge in [-0.25, -0.2) is 4.98 Å². The summed E-state index contributed by atoms with van der Waals surface area (Å²) in [6, 6.07) is 5.27. The van der Waals surface area contributed by atoms with E-state index in [4.69, 9.17) is 11.6 Å². The van der Waals surface area contributed by atoms with Crippen molar-refractivity contribution >= 4 is 28.8 Å². The Kier molecular flexibility index (Phi) is 4.04. The van der Waals surface area contributed by atoms with Crippen LogP contribution in [0, 0.1) is 0 Å². The molecule has 0 amide bonds. The second-order valence-corrected chi connectivity index (χ2v) is 6.03. The van der Waals surface area contributed by atoms with Crippen LogP contribution in [-0.4, -0.2) is 9.97 Å². The highest BCUT2D eigenvalue weighted by atomic mass is 35.5. The minimum atomic E-state index is -0.139. The van der Waals surface area contributed by atoms with Crippen molar-refractivity contribution in [3.8, 4) is 0 Å². The third-order valence-electron chi connectivity index (χ3n) is 2.38. The van der Waals surface area contributed by atoms with Gasteiger partial charge in [-0.05, 0) is 12.1 Å². The van der Waals surface area contributed by atoms with Crippen LogP contribution < -0.4 is 10.9 Å². The van der Waals surface area contributed by atoms with Crippen LogP contribution >= 0.6 is 22.9 Å². The molecule has 0 saturated heterocycles. The summed E-state index contributed by atoms with van der Waals surface area (Å²) in [6.07, 6.45) is 0. The zero-order valence-electron chi connectivity index (χ0n) is 10.2. The zero-order valence-corrected chi connectivity index (χ0v) is 11.7. The molecule has 2 rings (SSSR count). The van der Waals surface area contributed by atoms with Gasteiger partial charge in [-0.1, -0.05) is 25.4 Å². The Bertz CT molecular complexity index is 591. The van der Waals surface area contributed by atoms with E-state index >= 15 is 0 Å². The fourth-order valence-corrected chi connectivity index (χ4v) is 2.49. The van der Waals surface area contributed by atoms with E-state index in [0.717, 1.165) is 9.21 Å². The van der Waals surface area contributed by atoms with Crippen molar-refractivity contribution in [2.45, 2.75) is 26.3 Å². The number of hydrogen-bond acceptors (Lipinski definition) is 4. The van der Waals surface area contributed by atoms with Crippen LogP contribution in [0.3, 0.4) is 0 Å². The Morgan fingerprint density at radius 3 is 2.89 bits per heavy atom. The number of thiophene rings is 1. The predicted octanol–water partition coefficient (Wildman–Crippen LogP) is 3.22. The van der Waals surface area contributed by atoms with Crippen molar-refractivity contribution in [1.82, 2.24) is 9.97 Å². The molecule has 0 bridgehead atoms. The molecule has 0 aliphatic carbocycles. The highest BCUT2D eigenvalue weighted by Crippen LogP contribution is 2.22. The topological polar surface area (TPSA) is 57.8 Å². The fraction of sp³-hybridized carbons (Fsp3) is 0.333. The van der Waals surface area contributed by atoms with Crippen molar-refractivity contribution in [1.29, 1.82) is 0 Å². The molecule has 0 saturated carbocycles. The van der Waals surface area contributed by atoms with Gasteiger partial charge in [0.25, 0.3) is 5.56 Å².